The summed E-state index contributed by atoms with van der Waals surface area (Å²) in [7, 11) is 0. The molecular weight excluding hydrogens is 274 g/mol. The third kappa shape index (κ3) is 4.03. The van der Waals surface area contributed by atoms with Gasteiger partial charge in [-0.05, 0) is 37.0 Å². The van der Waals surface area contributed by atoms with Crippen LogP contribution in [0.5, 0.6) is 0 Å². The molecule has 0 spiro atoms. The van der Waals surface area contributed by atoms with E-state index in [0.29, 0.717) is 5.92 Å². The Labute approximate surface area is 133 Å². The maximum absolute atomic E-state index is 12.1. The molecule has 0 atom stereocenters. The number of nitrogens with zero attached hydrogens (tertiary/aromatic N) is 2. The van der Waals surface area contributed by atoms with Crippen LogP contribution in [0.1, 0.15) is 25.0 Å². The molecule has 1 aliphatic heterocycles. The predicted octanol–water partition coefficient (Wildman–Crippen LogP) is 3.30. The number of anilines is 1. The number of urea groups is 1. The molecule has 1 N–H and O–H groups in total. The van der Waals surface area contributed by atoms with Crippen LogP contribution in [-0.2, 0) is 0 Å². The maximum atomic E-state index is 12.1. The zero-order valence-electron chi connectivity index (χ0n) is 14.1. The molecule has 4 nitrogen and oxygen atoms in total. The number of carbonyl (C=O) groups excluding carboxylic acids is 1. The minimum atomic E-state index is -0.00230. The summed E-state index contributed by atoms with van der Waals surface area (Å²) in [5.41, 5.74) is 3.94. The van der Waals surface area contributed by atoms with Crippen LogP contribution in [0.4, 0.5) is 10.5 Å². The third-order valence-corrected chi connectivity index (χ3v) is 4.17. The molecule has 2 amide bonds. The van der Waals surface area contributed by atoms with Gasteiger partial charge in [0.1, 0.15) is 0 Å². The Bertz CT molecular complexity index is 543. The molecular formula is C18H27N3O. The highest BCUT2D eigenvalue weighted by Crippen LogP contribution is 2.23. The van der Waals surface area contributed by atoms with Gasteiger partial charge in [0.15, 0.2) is 0 Å². The van der Waals surface area contributed by atoms with Gasteiger partial charge in [0.2, 0.25) is 0 Å². The number of allylic oxidation sites excluding steroid dienone is 1. The van der Waals surface area contributed by atoms with E-state index < -0.39 is 0 Å². The summed E-state index contributed by atoms with van der Waals surface area (Å²) in [4.78, 5) is 16.3. The molecule has 120 valence electrons. The van der Waals surface area contributed by atoms with Crippen molar-refractivity contribution in [2.45, 2.75) is 27.7 Å². The van der Waals surface area contributed by atoms with Gasteiger partial charge in [-0.25, -0.2) is 4.79 Å². The first kappa shape index (κ1) is 16.4. The second-order valence-corrected chi connectivity index (χ2v) is 6.25. The molecule has 0 saturated carbocycles. The summed E-state index contributed by atoms with van der Waals surface area (Å²) in [6, 6.07) is 6.41. The van der Waals surface area contributed by atoms with Crippen molar-refractivity contribution in [2.75, 3.05) is 31.1 Å². The summed E-state index contributed by atoms with van der Waals surface area (Å²) in [5, 5.41) is 2.85. The van der Waals surface area contributed by atoms with E-state index in [2.05, 4.69) is 56.1 Å². The quantitative estimate of drug-likeness (QED) is 0.929. The molecule has 1 aliphatic rings. The van der Waals surface area contributed by atoms with Crippen LogP contribution in [-0.4, -0.2) is 37.1 Å². The number of nitrogens with one attached hydrogen (secondary N) is 1. The van der Waals surface area contributed by atoms with Crippen molar-refractivity contribution < 1.29 is 4.79 Å². The first-order valence-electron chi connectivity index (χ1n) is 8.02. The molecule has 1 fully saturated rings. The average Bonchev–Trinajstić information content (AvgIpc) is 2.50. The fourth-order valence-electron chi connectivity index (χ4n) is 2.63. The second-order valence-electron chi connectivity index (χ2n) is 6.25. The normalized spacial score (nSPS) is 15.7. The van der Waals surface area contributed by atoms with Gasteiger partial charge in [-0.1, -0.05) is 32.1 Å². The lowest BCUT2D eigenvalue weighted by atomic mass is 10.1. The Morgan fingerprint density at radius 3 is 2.50 bits per heavy atom. The van der Waals surface area contributed by atoms with E-state index in [1.54, 1.807) is 6.20 Å². The molecule has 0 aliphatic carbocycles. The van der Waals surface area contributed by atoms with Gasteiger partial charge in [0, 0.05) is 38.1 Å². The zero-order chi connectivity index (χ0) is 16.1. The van der Waals surface area contributed by atoms with E-state index in [9.17, 15) is 4.79 Å². The van der Waals surface area contributed by atoms with Crippen LogP contribution >= 0.6 is 0 Å². The molecule has 22 heavy (non-hydrogen) atoms. The summed E-state index contributed by atoms with van der Waals surface area (Å²) < 4.78 is 0. The summed E-state index contributed by atoms with van der Waals surface area (Å²) in [5.74, 6) is 0.446. The van der Waals surface area contributed by atoms with Crippen molar-refractivity contribution in [2.24, 2.45) is 5.92 Å². The van der Waals surface area contributed by atoms with Gasteiger partial charge in [0.05, 0.1) is 0 Å². The Morgan fingerprint density at radius 2 is 1.86 bits per heavy atom. The van der Waals surface area contributed by atoms with Crippen molar-refractivity contribution in [3.05, 3.63) is 41.6 Å². The molecule has 1 aromatic carbocycles. The lowest BCUT2D eigenvalue weighted by molar-refractivity contribution is 0.198. The lowest BCUT2D eigenvalue weighted by Crippen LogP contribution is -2.51. The molecule has 0 bridgehead atoms. The molecule has 2 rings (SSSR count). The monoisotopic (exact) mass is 301 g/mol. The Hall–Kier alpha value is -1.97. The first-order chi connectivity index (χ1) is 10.5. The fourth-order valence-corrected chi connectivity index (χ4v) is 2.63. The van der Waals surface area contributed by atoms with Gasteiger partial charge < -0.3 is 15.1 Å². The number of rotatable bonds is 3. The number of hydrogen-bond acceptors (Lipinski definition) is 2. The van der Waals surface area contributed by atoms with E-state index in [1.165, 1.54) is 16.8 Å². The second kappa shape index (κ2) is 7.34. The van der Waals surface area contributed by atoms with Gasteiger partial charge in [0.25, 0.3) is 0 Å². The van der Waals surface area contributed by atoms with Crippen molar-refractivity contribution in [1.82, 2.24) is 10.2 Å². The minimum Gasteiger partial charge on any atom is -0.368 e. The van der Waals surface area contributed by atoms with Gasteiger partial charge in [-0.15, -0.1) is 0 Å². The number of carbonyl (C=O) groups is 1. The minimum absolute atomic E-state index is 0.00230. The van der Waals surface area contributed by atoms with Gasteiger partial charge in [-0.3, -0.25) is 0 Å². The molecule has 0 radical (unpaired) electrons. The summed E-state index contributed by atoms with van der Waals surface area (Å²) in [6.45, 7) is 11.8. The average molecular weight is 301 g/mol. The molecule has 1 heterocycles. The van der Waals surface area contributed by atoms with Crippen LogP contribution in [0.2, 0.25) is 0 Å². The molecule has 0 aromatic heterocycles. The lowest BCUT2D eigenvalue weighted by Gasteiger charge is -2.36. The van der Waals surface area contributed by atoms with Crippen LogP contribution in [0.15, 0.2) is 30.5 Å². The van der Waals surface area contributed by atoms with E-state index in [1.807, 2.05) is 11.0 Å². The third-order valence-electron chi connectivity index (χ3n) is 4.17. The summed E-state index contributed by atoms with van der Waals surface area (Å²) >= 11 is 0. The zero-order valence-corrected chi connectivity index (χ0v) is 14.1. The van der Waals surface area contributed by atoms with E-state index in [0.717, 1.165) is 26.2 Å². The largest absolute Gasteiger partial charge is 0.368 e. The highest BCUT2D eigenvalue weighted by molar-refractivity contribution is 5.75. The van der Waals surface area contributed by atoms with Crippen LogP contribution in [0.25, 0.3) is 0 Å². The number of aryl methyl sites for hydroxylation is 1. The summed E-state index contributed by atoms with van der Waals surface area (Å²) in [6.07, 6.45) is 3.74. The van der Waals surface area contributed by atoms with Gasteiger partial charge in [-0.2, -0.15) is 0 Å². The van der Waals surface area contributed by atoms with E-state index >= 15 is 0 Å². The van der Waals surface area contributed by atoms with E-state index in [4.69, 9.17) is 0 Å². The first-order valence-corrected chi connectivity index (χ1v) is 8.02. The highest BCUT2D eigenvalue weighted by atomic mass is 16.2. The number of benzene rings is 1. The van der Waals surface area contributed by atoms with Crippen molar-refractivity contribution in [3.63, 3.8) is 0 Å². The highest BCUT2D eigenvalue weighted by Gasteiger charge is 2.21. The van der Waals surface area contributed by atoms with Crippen LogP contribution in [0, 0.1) is 19.8 Å². The molecule has 4 heteroatoms. The van der Waals surface area contributed by atoms with Crippen LogP contribution < -0.4 is 10.2 Å². The standard InChI is InChI=1S/C18H27N3O/c1-14(2)8-9-19-18(22)21-12-10-20(11-13-21)17-7-5-6-15(3)16(17)4/h5-9,14H,10-13H2,1-4H3,(H,19,22)/b9-8+. The van der Waals surface area contributed by atoms with Gasteiger partial charge >= 0.3 is 6.03 Å². The maximum Gasteiger partial charge on any atom is 0.321 e. The number of piperazine rings is 1. The van der Waals surface area contributed by atoms with E-state index in [-0.39, 0.29) is 6.03 Å². The Kier molecular flexibility index (Phi) is 5.47. The van der Waals surface area contributed by atoms with Crippen molar-refractivity contribution >= 4 is 11.7 Å². The number of amides is 2. The molecule has 1 aromatic rings. The fraction of sp³-hybridized carbons (Fsp3) is 0.500. The Morgan fingerprint density at radius 1 is 1.18 bits per heavy atom. The number of hydrogen-bond donors (Lipinski definition) is 1. The SMILES string of the molecule is Cc1cccc(N2CCN(C(=O)N/C=C/C(C)C)CC2)c1C. The molecule has 1 saturated heterocycles. The van der Waals surface area contributed by atoms with Crippen molar-refractivity contribution in [3.8, 4) is 0 Å². The smallest absolute Gasteiger partial charge is 0.321 e. The molecule has 0 unspecified atom stereocenters. The predicted molar refractivity (Wildman–Crippen MR) is 92.2 cm³/mol. The topological polar surface area (TPSA) is 35.6 Å². The van der Waals surface area contributed by atoms with Crippen molar-refractivity contribution in [1.29, 1.82) is 0 Å². The van der Waals surface area contributed by atoms with Crippen LogP contribution in [0.3, 0.4) is 0 Å². The Balaban J connectivity index is 1.90.